The van der Waals surface area contributed by atoms with E-state index >= 15 is 0 Å². The Morgan fingerprint density at radius 1 is 0.688 bits per heavy atom. The average Bonchev–Trinajstić information content (AvgIpc) is 1.72. The van der Waals surface area contributed by atoms with E-state index < -0.39 is 126 Å². The van der Waals surface area contributed by atoms with Gasteiger partial charge in [0.05, 0.1) is 74.5 Å². The number of nitrogens with zero attached hydrogens (tertiary/aromatic N) is 6. The zero-order valence-corrected chi connectivity index (χ0v) is 59.5. The molecule has 2 saturated heterocycles. The zero-order chi connectivity index (χ0) is 71.8. The van der Waals surface area contributed by atoms with E-state index in [1.807, 2.05) is 32.0 Å². The van der Waals surface area contributed by atoms with E-state index in [4.69, 9.17) is 14.2 Å². The first-order valence-corrected chi connectivity index (χ1v) is 34.0. The number of benzene rings is 2. The van der Waals surface area contributed by atoms with Crippen LogP contribution in [-0.2, 0) is 68.8 Å². The van der Waals surface area contributed by atoms with Gasteiger partial charge in [-0.15, -0.1) is 0 Å². The Balaban J connectivity index is 1.30. The number of ether oxygens (including phenoxy) is 3. The van der Waals surface area contributed by atoms with Gasteiger partial charge in [0.1, 0.15) is 30.8 Å². The maximum absolute atomic E-state index is 14.8. The number of carbonyl (C=O) groups is 11. The number of aliphatic hydroxyl groups excluding tert-OH is 1. The lowest BCUT2D eigenvalue weighted by Gasteiger charge is -2.41. The smallest absolute Gasteiger partial charge is 0.410 e. The molecule has 26 nitrogen and oxygen atoms in total. The van der Waals surface area contributed by atoms with Crippen molar-refractivity contribution in [2.24, 2.45) is 29.6 Å². The standard InChI is InChI=1S/C69H105N11O15S/c1-18-44(10)61(52(93-16)35-57(85)80-33-24-27-51(80)63(94-17)45(11)64(87)70-46(12)62(86)49-25-22-21-23-26-49)75(14)68(91)59(42(6)7)74-67(90)60(43(8)9)76(15)69(92)95-36-48-28-30-50(31-29-48)72-65(88)47(13)71-66(89)58(41(4)5)73-53(81)37-96-34-32-56(84)79-39-77(54(82)19-2)38-78(40-79)55(83)20-3/h19-23,25-26,28-31,41-47,51-52,58-63,86H,2-3,18,24,27,32-40H2,1,4-17H3,(H,70,87)(H,71,89)(H,72,88)(H,73,81)(H,74,90)/t44-,45+,46+,47-,51-,52+,58-,59-,60-,61-,62+,63+/m0/s1. The van der Waals surface area contributed by atoms with Crippen molar-refractivity contribution in [3.05, 3.63) is 91.0 Å². The Bertz CT molecular complexity index is 2960. The molecule has 0 spiro atoms. The molecule has 0 radical (unpaired) electrons. The van der Waals surface area contributed by atoms with Crippen LogP contribution in [0.15, 0.2) is 79.9 Å². The minimum absolute atomic E-state index is 0.00792. The number of anilines is 1. The molecule has 2 fully saturated rings. The van der Waals surface area contributed by atoms with Gasteiger partial charge in [-0.25, -0.2) is 4.79 Å². The second kappa shape index (κ2) is 38.8. The average molecular weight is 1360 g/mol. The van der Waals surface area contributed by atoms with E-state index in [1.54, 1.807) is 109 Å². The number of rotatable bonds is 35. The van der Waals surface area contributed by atoms with Gasteiger partial charge in [0.25, 0.3) is 0 Å². The van der Waals surface area contributed by atoms with Crippen molar-refractivity contribution in [1.29, 1.82) is 0 Å². The Kier molecular flexibility index (Phi) is 32.5. The lowest BCUT2D eigenvalue weighted by atomic mass is 9.89. The van der Waals surface area contributed by atoms with Gasteiger partial charge in [0, 0.05) is 52.7 Å². The van der Waals surface area contributed by atoms with Gasteiger partial charge in [-0.2, -0.15) is 11.8 Å². The van der Waals surface area contributed by atoms with Crippen molar-refractivity contribution in [3.63, 3.8) is 0 Å². The molecule has 0 saturated carbocycles. The maximum atomic E-state index is 14.8. The van der Waals surface area contributed by atoms with E-state index in [2.05, 4.69) is 39.7 Å². The van der Waals surface area contributed by atoms with Crippen LogP contribution in [0.25, 0.3) is 0 Å². The summed E-state index contributed by atoms with van der Waals surface area (Å²) < 4.78 is 17.7. The van der Waals surface area contributed by atoms with Gasteiger partial charge >= 0.3 is 6.09 Å². The second-order valence-electron chi connectivity index (χ2n) is 25.9. The van der Waals surface area contributed by atoms with Crippen molar-refractivity contribution in [2.45, 2.75) is 175 Å². The Morgan fingerprint density at radius 2 is 1.28 bits per heavy atom. The minimum Gasteiger partial charge on any atom is -0.445 e. The minimum atomic E-state index is -1.07. The Labute approximate surface area is 570 Å². The third kappa shape index (κ3) is 22.6. The lowest BCUT2D eigenvalue weighted by molar-refractivity contribution is -0.154. The molecule has 2 aliphatic heterocycles. The Morgan fingerprint density at radius 3 is 1.82 bits per heavy atom. The predicted molar refractivity (Wildman–Crippen MR) is 365 cm³/mol. The highest BCUT2D eigenvalue weighted by Gasteiger charge is 2.44. The maximum Gasteiger partial charge on any atom is 0.410 e. The van der Waals surface area contributed by atoms with Gasteiger partial charge in [-0.05, 0) is 85.8 Å². The first-order valence-electron chi connectivity index (χ1n) is 32.9. The highest BCUT2D eigenvalue weighted by Crippen LogP contribution is 2.31. The van der Waals surface area contributed by atoms with Gasteiger partial charge in [-0.1, -0.05) is 124 Å². The summed E-state index contributed by atoms with van der Waals surface area (Å²) in [5, 5.41) is 24.9. The highest BCUT2D eigenvalue weighted by molar-refractivity contribution is 7.99. The quantitative estimate of drug-likeness (QED) is 0.0389. The molecular weight excluding hydrogens is 1250 g/mol. The molecule has 2 heterocycles. The van der Waals surface area contributed by atoms with Crippen molar-refractivity contribution in [2.75, 3.05) is 71.7 Å². The predicted octanol–water partition coefficient (Wildman–Crippen LogP) is 5.03. The molecule has 11 amide bonds. The third-order valence-electron chi connectivity index (χ3n) is 17.7. The largest absolute Gasteiger partial charge is 0.445 e. The number of methoxy groups -OCH3 is 2. The van der Waals surface area contributed by atoms with E-state index in [1.165, 1.54) is 47.8 Å². The summed E-state index contributed by atoms with van der Waals surface area (Å²) >= 11 is 1.16. The molecule has 27 heteroatoms. The van der Waals surface area contributed by atoms with Crippen LogP contribution >= 0.6 is 11.8 Å². The number of hydrogen-bond acceptors (Lipinski definition) is 16. The third-order valence-corrected chi connectivity index (χ3v) is 18.7. The summed E-state index contributed by atoms with van der Waals surface area (Å²) in [6.07, 6.45) is 0.821. The van der Waals surface area contributed by atoms with Gasteiger partial charge in [0.2, 0.25) is 59.1 Å². The molecule has 0 aromatic heterocycles. The monoisotopic (exact) mass is 1360 g/mol. The number of aliphatic hydroxyl groups is 1. The fourth-order valence-corrected chi connectivity index (χ4v) is 12.7. The first kappa shape index (κ1) is 80.6. The number of carbonyl (C=O) groups excluding carboxylic acids is 11. The molecule has 4 rings (SSSR count). The van der Waals surface area contributed by atoms with Crippen LogP contribution in [0.1, 0.15) is 125 Å². The Hall–Kier alpha value is -7.88. The summed E-state index contributed by atoms with van der Waals surface area (Å²) in [4.78, 5) is 157. The molecule has 532 valence electrons. The van der Waals surface area contributed by atoms with Crippen LogP contribution in [0.5, 0.6) is 0 Å². The highest BCUT2D eigenvalue weighted by atomic mass is 32.2. The van der Waals surface area contributed by atoms with Crippen LogP contribution in [0.3, 0.4) is 0 Å². The van der Waals surface area contributed by atoms with Crippen LogP contribution < -0.4 is 26.6 Å². The summed E-state index contributed by atoms with van der Waals surface area (Å²) in [6.45, 7) is 26.6. The summed E-state index contributed by atoms with van der Waals surface area (Å²) in [5.74, 6) is -6.33. The topological polar surface area (TPSA) is 315 Å². The molecule has 0 bridgehead atoms. The van der Waals surface area contributed by atoms with E-state index in [0.29, 0.717) is 42.6 Å². The second-order valence-corrected chi connectivity index (χ2v) is 27.0. The molecular formula is C69H105N11O15S. The molecule has 2 aromatic rings. The molecule has 2 aromatic carbocycles. The van der Waals surface area contributed by atoms with E-state index in [9.17, 15) is 57.8 Å². The number of nitrogens with one attached hydrogen (secondary N) is 5. The fraction of sp³-hybridized carbons (Fsp3) is 0.609. The molecule has 0 unspecified atom stereocenters. The molecule has 12 atom stereocenters. The van der Waals surface area contributed by atoms with Crippen molar-refractivity contribution >= 4 is 82.6 Å². The number of likely N-dealkylation sites (N-methyl/N-ethyl adjacent to an activating group) is 2. The number of thioether (sulfide) groups is 1. The van der Waals surface area contributed by atoms with Gasteiger partial charge in [-0.3, -0.25) is 52.8 Å². The number of hydrogen-bond donors (Lipinski definition) is 6. The van der Waals surface area contributed by atoms with Crippen molar-refractivity contribution < 1.29 is 72.1 Å². The van der Waals surface area contributed by atoms with Crippen LogP contribution in [-0.4, -0.2) is 221 Å². The van der Waals surface area contributed by atoms with Gasteiger partial charge in [0.15, 0.2) is 0 Å². The molecule has 2 aliphatic rings. The van der Waals surface area contributed by atoms with E-state index in [-0.39, 0.29) is 80.5 Å². The SMILES string of the molecule is C=CC(=O)N1CN(C(=O)C=C)CN(C(=O)CCSCC(=O)N[C@H](C(=O)N[C@@H](C)C(=O)Nc2ccc(COC(=O)N(C)[C@H](C(=O)N[C@H](C(=O)N(C)[C@@H]([C@@H](C)CC)[C@@H](CC(=O)N3CCC[C@H]3[C@H](OC)[C@@H](C)C(=O)N[C@H](C)[C@@H](O)c3ccccc3)OC)C(C)C)C(C)C)cc2)C(C)C)C1. The number of amides is 11. The normalized spacial score (nSPS) is 17.5. The summed E-state index contributed by atoms with van der Waals surface area (Å²) in [5.41, 5.74) is 1.59. The summed E-state index contributed by atoms with van der Waals surface area (Å²) in [7, 11) is 6.09. The molecule has 0 aliphatic carbocycles. The van der Waals surface area contributed by atoms with E-state index in [0.717, 1.165) is 23.9 Å². The zero-order valence-electron chi connectivity index (χ0n) is 58.7. The van der Waals surface area contributed by atoms with Crippen molar-refractivity contribution in [3.8, 4) is 0 Å². The van der Waals surface area contributed by atoms with Crippen molar-refractivity contribution in [1.82, 2.24) is 50.7 Å². The van der Waals surface area contributed by atoms with Crippen LogP contribution in [0.4, 0.5) is 10.5 Å². The summed E-state index contributed by atoms with van der Waals surface area (Å²) in [6, 6.07) is 9.67. The van der Waals surface area contributed by atoms with Crippen LogP contribution in [0.2, 0.25) is 0 Å². The molecule has 96 heavy (non-hydrogen) atoms. The lowest BCUT2D eigenvalue weighted by Crippen LogP contribution is -2.60. The van der Waals surface area contributed by atoms with Gasteiger partial charge < -0.3 is 70.4 Å². The van der Waals surface area contributed by atoms with Crippen LogP contribution in [0, 0.1) is 29.6 Å². The fourth-order valence-electron chi connectivity index (χ4n) is 11.9. The first-order chi connectivity index (χ1) is 45.3. The molecule has 6 N–H and O–H groups in total. The number of likely N-dealkylation sites (tertiary alicyclic amines) is 1.